The summed E-state index contributed by atoms with van der Waals surface area (Å²) in [4.78, 5) is 0. The topological polar surface area (TPSA) is 18.1 Å². The summed E-state index contributed by atoms with van der Waals surface area (Å²) in [5, 5.41) is 9.77. The summed E-state index contributed by atoms with van der Waals surface area (Å²) in [5.41, 5.74) is 5.31. The van der Waals surface area contributed by atoms with Gasteiger partial charge in [0.1, 0.15) is 5.58 Å². The van der Waals surface area contributed by atoms with Gasteiger partial charge in [-0.05, 0) is 51.9 Å². The van der Waals surface area contributed by atoms with E-state index in [1.165, 1.54) is 37.8 Å². The number of aromatic nitrogens is 1. The first-order valence-corrected chi connectivity index (χ1v) is 11.6. The first-order chi connectivity index (χ1) is 16.9. The van der Waals surface area contributed by atoms with Gasteiger partial charge in [-0.2, -0.15) is 0 Å². The molecule has 0 spiro atoms. The molecule has 0 N–H and O–H groups in total. The van der Waals surface area contributed by atoms with Crippen molar-refractivity contribution in [1.29, 1.82) is 0 Å². The molecule has 0 aliphatic heterocycles. The number of hydrogen-bond acceptors (Lipinski definition) is 1. The molecule has 8 rings (SSSR count). The third-order valence-corrected chi connectivity index (χ3v) is 7.15. The van der Waals surface area contributed by atoms with Crippen molar-refractivity contribution in [2.24, 2.45) is 0 Å². The molecular formula is C32H19NO. The van der Waals surface area contributed by atoms with Crippen molar-refractivity contribution in [3.05, 3.63) is 115 Å². The Morgan fingerprint density at radius 2 is 1.21 bits per heavy atom. The van der Waals surface area contributed by atoms with Gasteiger partial charge in [0.05, 0.1) is 11.0 Å². The molecule has 0 aliphatic rings. The highest BCUT2D eigenvalue weighted by Crippen LogP contribution is 2.42. The normalized spacial score (nSPS) is 12.1. The Balaban J connectivity index is 1.64. The summed E-state index contributed by atoms with van der Waals surface area (Å²) in [6.45, 7) is 0. The summed E-state index contributed by atoms with van der Waals surface area (Å²) in [6.07, 6.45) is 0. The highest BCUT2D eigenvalue weighted by atomic mass is 16.3. The van der Waals surface area contributed by atoms with Crippen molar-refractivity contribution in [3.8, 4) is 5.69 Å². The molecule has 158 valence electrons. The van der Waals surface area contributed by atoms with Crippen LogP contribution >= 0.6 is 0 Å². The number of benzene rings is 6. The SMILES string of the molecule is c1ccc2cc(-n3c4ccc5ccccc5c4c4ccc5c6ccccc6oc5c43)ccc2c1. The monoisotopic (exact) mass is 433 g/mol. The minimum Gasteiger partial charge on any atom is -0.454 e. The third-order valence-electron chi connectivity index (χ3n) is 7.15. The van der Waals surface area contributed by atoms with Gasteiger partial charge < -0.3 is 8.98 Å². The standard InChI is InChI=1S/C32H19NO/c1-2-9-22-19-23(15-13-20(22)7-1)33-28-18-14-21-8-3-4-10-24(21)30(28)27-17-16-26-25-11-5-6-12-29(25)34-32(26)31(27)33/h1-19H. The van der Waals surface area contributed by atoms with E-state index >= 15 is 0 Å². The average molecular weight is 434 g/mol. The van der Waals surface area contributed by atoms with Gasteiger partial charge in [-0.15, -0.1) is 0 Å². The van der Waals surface area contributed by atoms with E-state index in [4.69, 9.17) is 4.42 Å². The molecule has 2 heterocycles. The van der Waals surface area contributed by atoms with Crippen LogP contribution in [0.15, 0.2) is 120 Å². The highest BCUT2D eigenvalue weighted by molar-refractivity contribution is 6.27. The summed E-state index contributed by atoms with van der Waals surface area (Å²) < 4.78 is 8.92. The lowest BCUT2D eigenvalue weighted by atomic mass is 10.0. The van der Waals surface area contributed by atoms with E-state index in [0.717, 1.165) is 33.1 Å². The molecule has 0 radical (unpaired) electrons. The van der Waals surface area contributed by atoms with E-state index in [1.807, 2.05) is 6.07 Å². The van der Waals surface area contributed by atoms with Crippen molar-refractivity contribution >= 4 is 65.3 Å². The Kier molecular flexibility index (Phi) is 3.42. The van der Waals surface area contributed by atoms with Gasteiger partial charge in [0.15, 0.2) is 5.58 Å². The Labute approximate surface area is 195 Å². The smallest absolute Gasteiger partial charge is 0.160 e. The van der Waals surface area contributed by atoms with Crippen molar-refractivity contribution in [3.63, 3.8) is 0 Å². The molecule has 6 aromatic carbocycles. The molecule has 34 heavy (non-hydrogen) atoms. The Bertz CT molecular complexity index is 2070. The fourth-order valence-corrected chi connectivity index (χ4v) is 5.63. The van der Waals surface area contributed by atoms with Crippen LogP contribution in [0.3, 0.4) is 0 Å². The molecule has 0 saturated carbocycles. The second kappa shape index (κ2) is 6.49. The van der Waals surface area contributed by atoms with Gasteiger partial charge in [0.25, 0.3) is 0 Å². The van der Waals surface area contributed by atoms with Crippen LogP contribution in [-0.2, 0) is 0 Å². The minimum absolute atomic E-state index is 0.921. The predicted molar refractivity (Wildman–Crippen MR) is 143 cm³/mol. The molecular weight excluding hydrogens is 414 g/mol. The van der Waals surface area contributed by atoms with Crippen LogP contribution in [0.2, 0.25) is 0 Å². The van der Waals surface area contributed by atoms with Crippen LogP contribution in [0.5, 0.6) is 0 Å². The molecule has 0 fully saturated rings. The molecule has 0 aliphatic carbocycles. The maximum Gasteiger partial charge on any atom is 0.160 e. The van der Waals surface area contributed by atoms with Crippen molar-refractivity contribution in [2.75, 3.05) is 0 Å². The lowest BCUT2D eigenvalue weighted by Crippen LogP contribution is -1.94. The van der Waals surface area contributed by atoms with E-state index in [-0.39, 0.29) is 0 Å². The summed E-state index contributed by atoms with van der Waals surface area (Å²) in [7, 11) is 0. The molecule has 2 nitrogen and oxygen atoms in total. The molecule has 0 bridgehead atoms. The molecule has 2 aromatic heterocycles. The first-order valence-electron chi connectivity index (χ1n) is 11.6. The van der Waals surface area contributed by atoms with Crippen LogP contribution in [0.4, 0.5) is 0 Å². The molecule has 0 unspecified atom stereocenters. The number of nitrogens with zero attached hydrogens (tertiary/aromatic N) is 1. The molecule has 8 aromatic rings. The Morgan fingerprint density at radius 1 is 0.500 bits per heavy atom. The summed E-state index contributed by atoms with van der Waals surface area (Å²) in [5.74, 6) is 0. The quantitative estimate of drug-likeness (QED) is 0.253. The molecule has 0 atom stereocenters. The van der Waals surface area contributed by atoms with Crippen molar-refractivity contribution in [1.82, 2.24) is 4.57 Å². The lowest BCUT2D eigenvalue weighted by Gasteiger charge is -2.10. The molecule has 2 heteroatoms. The van der Waals surface area contributed by atoms with Crippen LogP contribution < -0.4 is 0 Å². The maximum atomic E-state index is 6.54. The Morgan fingerprint density at radius 3 is 2.12 bits per heavy atom. The third kappa shape index (κ3) is 2.29. The zero-order valence-corrected chi connectivity index (χ0v) is 18.3. The Hall–Kier alpha value is -4.56. The van der Waals surface area contributed by atoms with Crippen molar-refractivity contribution < 1.29 is 4.42 Å². The fourth-order valence-electron chi connectivity index (χ4n) is 5.63. The van der Waals surface area contributed by atoms with Crippen molar-refractivity contribution in [2.45, 2.75) is 0 Å². The van der Waals surface area contributed by atoms with Crippen LogP contribution in [0.25, 0.3) is 71.0 Å². The largest absolute Gasteiger partial charge is 0.454 e. The molecule has 0 saturated heterocycles. The van der Waals surface area contributed by atoms with Gasteiger partial charge in [0.2, 0.25) is 0 Å². The molecule has 0 amide bonds. The van der Waals surface area contributed by atoms with Crippen LogP contribution in [0, 0.1) is 0 Å². The van der Waals surface area contributed by atoms with Gasteiger partial charge in [-0.1, -0.05) is 84.9 Å². The number of rotatable bonds is 1. The number of furan rings is 1. The minimum atomic E-state index is 0.921. The average Bonchev–Trinajstić information content (AvgIpc) is 3.44. The first kappa shape index (κ1) is 17.9. The van der Waals surface area contributed by atoms with Crippen LogP contribution in [0.1, 0.15) is 0 Å². The van der Waals surface area contributed by atoms with Gasteiger partial charge in [0, 0.05) is 27.2 Å². The zero-order chi connectivity index (χ0) is 22.2. The fraction of sp³-hybridized carbons (Fsp3) is 0. The number of fused-ring (bicyclic) bond motifs is 10. The number of para-hydroxylation sites is 1. The van der Waals surface area contributed by atoms with Crippen LogP contribution in [-0.4, -0.2) is 4.57 Å². The second-order valence-corrected chi connectivity index (χ2v) is 8.98. The van der Waals surface area contributed by atoms with E-state index in [0.29, 0.717) is 0 Å². The second-order valence-electron chi connectivity index (χ2n) is 8.98. The van der Waals surface area contributed by atoms with E-state index in [2.05, 4.69) is 114 Å². The number of hydrogen-bond donors (Lipinski definition) is 0. The zero-order valence-electron chi connectivity index (χ0n) is 18.3. The van der Waals surface area contributed by atoms with Gasteiger partial charge in [-0.3, -0.25) is 0 Å². The van der Waals surface area contributed by atoms with E-state index in [1.54, 1.807) is 0 Å². The van der Waals surface area contributed by atoms with E-state index < -0.39 is 0 Å². The lowest BCUT2D eigenvalue weighted by molar-refractivity contribution is 0.671. The van der Waals surface area contributed by atoms with Gasteiger partial charge >= 0.3 is 0 Å². The predicted octanol–water partition coefficient (Wildman–Crippen LogP) is 8.99. The maximum absolute atomic E-state index is 6.54. The summed E-state index contributed by atoms with van der Waals surface area (Å²) in [6, 6.07) is 41.2. The van der Waals surface area contributed by atoms with Gasteiger partial charge in [-0.25, -0.2) is 0 Å². The highest BCUT2D eigenvalue weighted by Gasteiger charge is 2.20. The summed E-state index contributed by atoms with van der Waals surface area (Å²) >= 11 is 0. The van der Waals surface area contributed by atoms with E-state index in [9.17, 15) is 0 Å².